The number of benzene rings is 2. The van der Waals surface area contributed by atoms with E-state index in [0.717, 1.165) is 16.0 Å². The molecular formula is C18H19N3O2. The van der Waals surface area contributed by atoms with Gasteiger partial charge in [0, 0.05) is 18.8 Å². The number of hydrogen-bond donors (Lipinski definition) is 2. The van der Waals surface area contributed by atoms with Crippen molar-refractivity contribution in [1.82, 2.24) is 5.32 Å². The zero-order valence-electron chi connectivity index (χ0n) is 13.1. The number of nitrogen functional groups attached to an aromatic ring is 1. The minimum atomic E-state index is -0.535. The molecule has 0 aromatic heterocycles. The molecule has 0 fully saturated rings. The molecule has 118 valence electrons. The molecule has 0 bridgehead atoms. The summed E-state index contributed by atoms with van der Waals surface area (Å²) in [5, 5.41) is 2.59. The maximum absolute atomic E-state index is 12.3. The number of nitrogens with zero attached hydrogens (tertiary/aromatic N) is 1. The second-order valence-corrected chi connectivity index (χ2v) is 5.15. The summed E-state index contributed by atoms with van der Waals surface area (Å²) in [6.45, 7) is 3.32. The van der Waals surface area contributed by atoms with Crippen LogP contribution in [0, 0.1) is 6.92 Å². The molecular weight excluding hydrogens is 290 g/mol. The van der Waals surface area contributed by atoms with Crippen LogP contribution in [0.25, 0.3) is 6.08 Å². The lowest BCUT2D eigenvalue weighted by Crippen LogP contribution is -2.41. The Kier molecular flexibility index (Phi) is 5.15. The monoisotopic (exact) mass is 309 g/mol. The number of urea groups is 1. The highest BCUT2D eigenvalue weighted by Crippen LogP contribution is 2.18. The molecule has 0 unspecified atom stereocenters. The van der Waals surface area contributed by atoms with Gasteiger partial charge >= 0.3 is 6.03 Å². The highest BCUT2D eigenvalue weighted by atomic mass is 16.2. The molecule has 2 aromatic carbocycles. The van der Waals surface area contributed by atoms with Crippen LogP contribution in [0.5, 0.6) is 0 Å². The molecule has 2 aromatic rings. The van der Waals surface area contributed by atoms with E-state index < -0.39 is 11.9 Å². The van der Waals surface area contributed by atoms with Crippen LogP contribution in [0.3, 0.4) is 0 Å². The van der Waals surface area contributed by atoms with Crippen molar-refractivity contribution in [2.24, 2.45) is 0 Å². The summed E-state index contributed by atoms with van der Waals surface area (Å²) in [5.74, 6) is -0.392. The predicted octanol–water partition coefficient (Wildman–Crippen LogP) is 3.31. The molecule has 0 saturated carbocycles. The van der Waals surface area contributed by atoms with Gasteiger partial charge in [-0.15, -0.1) is 0 Å². The van der Waals surface area contributed by atoms with Gasteiger partial charge in [-0.3, -0.25) is 4.79 Å². The minimum Gasteiger partial charge on any atom is -0.399 e. The first-order valence-electron chi connectivity index (χ1n) is 7.17. The molecule has 0 aliphatic rings. The normalized spacial score (nSPS) is 10.5. The van der Waals surface area contributed by atoms with Crippen molar-refractivity contribution < 1.29 is 9.59 Å². The average Bonchev–Trinajstić information content (AvgIpc) is 2.47. The zero-order valence-corrected chi connectivity index (χ0v) is 13.1. The van der Waals surface area contributed by atoms with Gasteiger partial charge in [-0.2, -0.15) is 0 Å². The van der Waals surface area contributed by atoms with Crippen molar-refractivity contribution in [3.8, 4) is 0 Å². The first kappa shape index (κ1) is 16.3. The van der Waals surface area contributed by atoms with E-state index in [1.807, 2.05) is 31.2 Å². The Bertz CT molecular complexity index is 753. The molecule has 5 heteroatoms. The van der Waals surface area contributed by atoms with Gasteiger partial charge < -0.3 is 11.1 Å². The lowest BCUT2D eigenvalue weighted by atomic mass is 10.1. The smallest absolute Gasteiger partial charge is 0.332 e. The number of amides is 3. The first-order chi connectivity index (χ1) is 11.0. The van der Waals surface area contributed by atoms with E-state index in [1.54, 1.807) is 30.3 Å². The van der Waals surface area contributed by atoms with Gasteiger partial charge in [0.05, 0.1) is 5.69 Å². The van der Waals surface area contributed by atoms with Crippen LogP contribution in [-0.4, -0.2) is 11.9 Å². The second-order valence-electron chi connectivity index (χ2n) is 5.15. The minimum absolute atomic E-state index is 0.392. The van der Waals surface area contributed by atoms with Crippen molar-refractivity contribution in [2.45, 2.75) is 13.8 Å². The SMILES string of the molecule is CC(=O)N(C(=O)N/C=C/c1cccc(C)c1)c1cccc(N)c1. The lowest BCUT2D eigenvalue weighted by molar-refractivity contribution is -0.115. The molecule has 0 aliphatic carbocycles. The van der Waals surface area contributed by atoms with Crippen molar-refractivity contribution in [3.63, 3.8) is 0 Å². The maximum atomic E-state index is 12.3. The second kappa shape index (κ2) is 7.26. The zero-order chi connectivity index (χ0) is 16.8. The maximum Gasteiger partial charge on any atom is 0.332 e. The van der Waals surface area contributed by atoms with E-state index in [-0.39, 0.29) is 0 Å². The summed E-state index contributed by atoms with van der Waals surface area (Å²) in [5.41, 5.74) is 8.71. The number of rotatable bonds is 3. The van der Waals surface area contributed by atoms with Crippen LogP contribution >= 0.6 is 0 Å². The molecule has 5 nitrogen and oxygen atoms in total. The highest BCUT2D eigenvalue weighted by molar-refractivity contribution is 6.13. The van der Waals surface area contributed by atoms with Crippen LogP contribution in [0.2, 0.25) is 0 Å². The summed E-state index contributed by atoms with van der Waals surface area (Å²) >= 11 is 0. The average molecular weight is 309 g/mol. The number of carbonyl (C=O) groups is 2. The van der Waals surface area contributed by atoms with Crippen LogP contribution in [0.1, 0.15) is 18.1 Å². The Hall–Kier alpha value is -3.08. The topological polar surface area (TPSA) is 75.4 Å². The predicted molar refractivity (Wildman–Crippen MR) is 92.8 cm³/mol. The number of nitrogens with two attached hydrogens (primary N) is 1. The van der Waals surface area contributed by atoms with Gasteiger partial charge in [-0.1, -0.05) is 35.9 Å². The lowest BCUT2D eigenvalue weighted by Gasteiger charge is -2.19. The molecule has 3 N–H and O–H groups in total. The van der Waals surface area contributed by atoms with Gasteiger partial charge in [0.1, 0.15) is 0 Å². The Morgan fingerprint density at radius 3 is 2.52 bits per heavy atom. The standard InChI is InChI=1S/C18H19N3O2/c1-13-5-3-6-15(11-13)9-10-20-18(23)21(14(2)22)17-8-4-7-16(19)12-17/h3-12H,19H2,1-2H3,(H,20,23)/b10-9+. The van der Waals surface area contributed by atoms with Gasteiger partial charge in [0.15, 0.2) is 0 Å². The Morgan fingerprint density at radius 2 is 1.87 bits per heavy atom. The van der Waals surface area contributed by atoms with Crippen LogP contribution in [-0.2, 0) is 4.79 Å². The largest absolute Gasteiger partial charge is 0.399 e. The molecule has 0 radical (unpaired) electrons. The van der Waals surface area contributed by atoms with E-state index in [0.29, 0.717) is 11.4 Å². The number of carbonyl (C=O) groups excluding carboxylic acids is 2. The third-order valence-corrected chi connectivity index (χ3v) is 3.17. The summed E-state index contributed by atoms with van der Waals surface area (Å²) in [4.78, 5) is 25.1. The fraction of sp³-hybridized carbons (Fsp3) is 0.111. The molecule has 0 saturated heterocycles. The summed E-state index contributed by atoms with van der Waals surface area (Å²) in [7, 11) is 0. The molecule has 2 rings (SSSR count). The number of nitrogens with one attached hydrogen (secondary N) is 1. The van der Waals surface area contributed by atoms with Crippen molar-refractivity contribution in [1.29, 1.82) is 0 Å². The number of hydrogen-bond acceptors (Lipinski definition) is 3. The molecule has 23 heavy (non-hydrogen) atoms. The Morgan fingerprint density at radius 1 is 1.13 bits per heavy atom. The number of anilines is 2. The quantitative estimate of drug-likeness (QED) is 0.854. The molecule has 0 heterocycles. The fourth-order valence-corrected chi connectivity index (χ4v) is 2.15. The van der Waals surface area contributed by atoms with E-state index in [1.165, 1.54) is 13.1 Å². The van der Waals surface area contributed by atoms with E-state index in [4.69, 9.17) is 5.73 Å². The summed E-state index contributed by atoms with van der Waals surface area (Å²) in [6.07, 6.45) is 3.28. The molecule has 0 spiro atoms. The third-order valence-electron chi connectivity index (χ3n) is 3.17. The van der Waals surface area contributed by atoms with Gasteiger partial charge in [0.2, 0.25) is 5.91 Å². The highest BCUT2D eigenvalue weighted by Gasteiger charge is 2.19. The van der Waals surface area contributed by atoms with Crippen molar-refractivity contribution in [3.05, 3.63) is 65.9 Å². The molecule has 0 atom stereocenters. The van der Waals surface area contributed by atoms with Gasteiger partial charge in [-0.05, 0) is 36.8 Å². The van der Waals surface area contributed by atoms with E-state index >= 15 is 0 Å². The Balaban J connectivity index is 2.12. The van der Waals surface area contributed by atoms with Crippen LogP contribution in [0.4, 0.5) is 16.2 Å². The van der Waals surface area contributed by atoms with E-state index in [2.05, 4.69) is 5.32 Å². The fourth-order valence-electron chi connectivity index (χ4n) is 2.15. The van der Waals surface area contributed by atoms with Crippen LogP contribution in [0.15, 0.2) is 54.7 Å². The summed E-state index contributed by atoms with van der Waals surface area (Å²) < 4.78 is 0. The Labute approximate surface area is 135 Å². The molecule has 3 amide bonds. The van der Waals surface area contributed by atoms with Crippen molar-refractivity contribution in [2.75, 3.05) is 10.6 Å². The summed E-state index contributed by atoms with van der Waals surface area (Å²) in [6, 6.07) is 13.9. The third kappa shape index (κ3) is 4.44. The van der Waals surface area contributed by atoms with Crippen molar-refractivity contribution >= 4 is 29.4 Å². The number of aryl methyl sites for hydroxylation is 1. The first-order valence-corrected chi connectivity index (χ1v) is 7.17. The van der Waals surface area contributed by atoms with Crippen LogP contribution < -0.4 is 16.0 Å². The number of imide groups is 1. The molecule has 0 aliphatic heterocycles. The van der Waals surface area contributed by atoms with E-state index in [9.17, 15) is 9.59 Å². The van der Waals surface area contributed by atoms with Gasteiger partial charge in [0.25, 0.3) is 0 Å². The van der Waals surface area contributed by atoms with Gasteiger partial charge in [-0.25, -0.2) is 9.69 Å².